The Labute approximate surface area is 107 Å². The van der Waals surface area contributed by atoms with Crippen molar-refractivity contribution in [1.82, 2.24) is 10.3 Å². The summed E-state index contributed by atoms with van der Waals surface area (Å²) >= 11 is 0. The molecule has 0 spiro atoms. The molecule has 1 unspecified atom stereocenters. The number of ether oxygens (including phenoxy) is 1. The summed E-state index contributed by atoms with van der Waals surface area (Å²) in [5, 5.41) is 12.8. The molecule has 0 aliphatic carbocycles. The molecule has 0 aliphatic rings. The van der Waals surface area contributed by atoms with Gasteiger partial charge in [0.2, 0.25) is 0 Å². The van der Waals surface area contributed by atoms with Gasteiger partial charge in [0.15, 0.2) is 0 Å². The van der Waals surface area contributed by atoms with Crippen molar-refractivity contribution in [1.29, 1.82) is 0 Å². The summed E-state index contributed by atoms with van der Waals surface area (Å²) in [6.45, 7) is 4.43. The summed E-state index contributed by atoms with van der Waals surface area (Å²) < 4.78 is 4.77. The minimum atomic E-state index is -0.728. The van der Waals surface area contributed by atoms with Crippen LogP contribution in [0.3, 0.4) is 0 Å². The Bertz CT molecular complexity index is 357. The van der Waals surface area contributed by atoms with Crippen molar-refractivity contribution in [3.8, 4) is 0 Å². The van der Waals surface area contributed by atoms with Crippen molar-refractivity contribution in [2.45, 2.75) is 32.4 Å². The first kappa shape index (κ1) is 14.6. The van der Waals surface area contributed by atoms with Crippen LogP contribution in [0.15, 0.2) is 24.5 Å². The molecule has 0 fully saturated rings. The first-order valence-corrected chi connectivity index (χ1v) is 6.10. The maximum atomic E-state index is 11.1. The molecule has 0 saturated heterocycles. The molecule has 0 saturated carbocycles. The molecule has 1 aromatic rings. The molecule has 0 aromatic carbocycles. The number of nitrogens with one attached hydrogen (secondary N) is 1. The number of hydrogen-bond acceptors (Lipinski definition) is 5. The maximum absolute atomic E-state index is 11.1. The molecule has 100 valence electrons. The summed E-state index contributed by atoms with van der Waals surface area (Å²) in [5.41, 5.74) is 1.09. The monoisotopic (exact) mass is 252 g/mol. The number of rotatable bonds is 7. The zero-order valence-electron chi connectivity index (χ0n) is 10.8. The number of aromatic nitrogens is 1. The predicted molar refractivity (Wildman–Crippen MR) is 67.9 cm³/mol. The van der Waals surface area contributed by atoms with Crippen LogP contribution < -0.4 is 5.32 Å². The molecule has 0 aliphatic heterocycles. The Kier molecular flexibility index (Phi) is 6.32. The van der Waals surface area contributed by atoms with Crippen molar-refractivity contribution < 1.29 is 14.6 Å². The van der Waals surface area contributed by atoms with E-state index < -0.39 is 6.10 Å². The van der Waals surface area contributed by atoms with Crippen molar-refractivity contribution >= 4 is 5.97 Å². The molecule has 2 N–H and O–H groups in total. The Morgan fingerprint density at radius 2 is 2.17 bits per heavy atom. The first-order chi connectivity index (χ1) is 8.63. The van der Waals surface area contributed by atoms with E-state index in [9.17, 15) is 9.90 Å². The van der Waals surface area contributed by atoms with Gasteiger partial charge in [-0.3, -0.25) is 9.78 Å². The van der Waals surface area contributed by atoms with E-state index >= 15 is 0 Å². The SMILES string of the molecule is CCOC(=O)CC(O)CN[C@@H](C)c1ccncc1. The second-order valence-corrected chi connectivity index (χ2v) is 4.07. The lowest BCUT2D eigenvalue weighted by Crippen LogP contribution is -2.31. The van der Waals surface area contributed by atoms with E-state index in [0.717, 1.165) is 5.56 Å². The normalized spacial score (nSPS) is 13.9. The van der Waals surface area contributed by atoms with Crippen LogP contribution >= 0.6 is 0 Å². The Morgan fingerprint density at radius 1 is 1.50 bits per heavy atom. The van der Waals surface area contributed by atoms with Gasteiger partial charge in [0.1, 0.15) is 0 Å². The Morgan fingerprint density at radius 3 is 2.78 bits per heavy atom. The minimum absolute atomic E-state index is 0.0178. The molecule has 1 heterocycles. The summed E-state index contributed by atoms with van der Waals surface area (Å²) in [7, 11) is 0. The molecule has 5 heteroatoms. The number of pyridine rings is 1. The van der Waals surface area contributed by atoms with Gasteiger partial charge >= 0.3 is 5.97 Å². The quantitative estimate of drug-likeness (QED) is 0.710. The van der Waals surface area contributed by atoms with Gasteiger partial charge in [0.25, 0.3) is 0 Å². The lowest BCUT2D eigenvalue weighted by Gasteiger charge is -2.16. The fraction of sp³-hybridized carbons (Fsp3) is 0.538. The summed E-state index contributed by atoms with van der Waals surface area (Å²) in [6.07, 6.45) is 2.74. The van der Waals surface area contributed by atoms with Gasteiger partial charge < -0.3 is 15.2 Å². The third-order valence-electron chi connectivity index (χ3n) is 2.57. The van der Waals surface area contributed by atoms with Gasteiger partial charge in [0, 0.05) is 25.0 Å². The zero-order chi connectivity index (χ0) is 13.4. The first-order valence-electron chi connectivity index (χ1n) is 6.10. The van der Waals surface area contributed by atoms with Crippen molar-refractivity contribution in [3.05, 3.63) is 30.1 Å². The van der Waals surface area contributed by atoms with Crippen molar-refractivity contribution in [2.24, 2.45) is 0 Å². The van der Waals surface area contributed by atoms with Gasteiger partial charge in [-0.1, -0.05) is 0 Å². The highest BCUT2D eigenvalue weighted by molar-refractivity contribution is 5.69. The number of carbonyl (C=O) groups is 1. The fourth-order valence-corrected chi connectivity index (χ4v) is 1.57. The molecule has 0 bridgehead atoms. The predicted octanol–water partition coefficient (Wildman–Crippen LogP) is 1.05. The standard InChI is InChI=1S/C13H20N2O3/c1-3-18-13(17)8-12(16)9-15-10(2)11-4-6-14-7-5-11/h4-7,10,12,15-16H,3,8-9H2,1-2H3/t10-,12?/m0/s1. The fourth-order valence-electron chi connectivity index (χ4n) is 1.57. The van der Waals surface area contributed by atoms with E-state index in [0.29, 0.717) is 13.2 Å². The topological polar surface area (TPSA) is 71.5 Å². The van der Waals surface area contributed by atoms with E-state index in [1.165, 1.54) is 0 Å². The lowest BCUT2D eigenvalue weighted by molar-refractivity contribution is -0.145. The Balaban J connectivity index is 2.30. The maximum Gasteiger partial charge on any atom is 0.308 e. The van der Waals surface area contributed by atoms with Crippen LogP contribution in [0.25, 0.3) is 0 Å². The third kappa shape index (κ3) is 5.25. The zero-order valence-corrected chi connectivity index (χ0v) is 10.8. The van der Waals surface area contributed by atoms with Crippen LogP contribution in [0.5, 0.6) is 0 Å². The van der Waals surface area contributed by atoms with Crippen LogP contribution in [-0.2, 0) is 9.53 Å². The van der Waals surface area contributed by atoms with Gasteiger partial charge in [-0.2, -0.15) is 0 Å². The molecular weight excluding hydrogens is 232 g/mol. The molecule has 0 amide bonds. The van der Waals surface area contributed by atoms with E-state index in [-0.39, 0.29) is 18.4 Å². The molecule has 1 rings (SSSR count). The third-order valence-corrected chi connectivity index (χ3v) is 2.57. The molecule has 5 nitrogen and oxygen atoms in total. The molecule has 1 aromatic heterocycles. The van der Waals surface area contributed by atoms with Gasteiger partial charge in [-0.15, -0.1) is 0 Å². The average molecular weight is 252 g/mol. The smallest absolute Gasteiger partial charge is 0.308 e. The highest BCUT2D eigenvalue weighted by atomic mass is 16.5. The lowest BCUT2D eigenvalue weighted by atomic mass is 10.1. The average Bonchev–Trinajstić information content (AvgIpc) is 2.37. The summed E-state index contributed by atoms with van der Waals surface area (Å²) in [5.74, 6) is -0.372. The van der Waals surface area contributed by atoms with Crippen LogP contribution in [0.1, 0.15) is 31.9 Å². The van der Waals surface area contributed by atoms with E-state index in [1.807, 2.05) is 19.1 Å². The number of aliphatic hydroxyl groups excluding tert-OH is 1. The van der Waals surface area contributed by atoms with Gasteiger partial charge in [-0.25, -0.2) is 0 Å². The highest BCUT2D eigenvalue weighted by Crippen LogP contribution is 2.10. The molecule has 0 radical (unpaired) electrons. The number of hydrogen-bond donors (Lipinski definition) is 2. The van der Waals surface area contributed by atoms with Crippen LogP contribution in [-0.4, -0.2) is 35.3 Å². The molecular formula is C13H20N2O3. The highest BCUT2D eigenvalue weighted by Gasteiger charge is 2.13. The second kappa shape index (κ2) is 7.79. The summed E-state index contributed by atoms with van der Waals surface area (Å²) in [6, 6.07) is 3.93. The summed E-state index contributed by atoms with van der Waals surface area (Å²) in [4.78, 5) is 15.1. The minimum Gasteiger partial charge on any atom is -0.466 e. The van der Waals surface area contributed by atoms with Crippen molar-refractivity contribution in [2.75, 3.05) is 13.2 Å². The number of nitrogens with zero attached hydrogens (tertiary/aromatic N) is 1. The number of carbonyl (C=O) groups excluding carboxylic acids is 1. The van der Waals surface area contributed by atoms with Gasteiger partial charge in [-0.05, 0) is 31.5 Å². The van der Waals surface area contributed by atoms with E-state index in [1.54, 1.807) is 19.3 Å². The Hall–Kier alpha value is -1.46. The number of esters is 1. The number of aliphatic hydroxyl groups is 1. The van der Waals surface area contributed by atoms with E-state index in [4.69, 9.17) is 4.74 Å². The van der Waals surface area contributed by atoms with Crippen molar-refractivity contribution in [3.63, 3.8) is 0 Å². The second-order valence-electron chi connectivity index (χ2n) is 4.07. The molecule has 18 heavy (non-hydrogen) atoms. The van der Waals surface area contributed by atoms with Crippen LogP contribution in [0, 0.1) is 0 Å². The van der Waals surface area contributed by atoms with Gasteiger partial charge in [0.05, 0.1) is 19.1 Å². The van der Waals surface area contributed by atoms with Crippen LogP contribution in [0.4, 0.5) is 0 Å². The molecule has 2 atom stereocenters. The van der Waals surface area contributed by atoms with Crippen LogP contribution in [0.2, 0.25) is 0 Å². The largest absolute Gasteiger partial charge is 0.466 e. The van der Waals surface area contributed by atoms with E-state index in [2.05, 4.69) is 10.3 Å².